The molecule has 6 rings (SSSR count). The van der Waals surface area contributed by atoms with Crippen LogP contribution in [0.15, 0.2) is 85.2 Å². The lowest BCUT2D eigenvalue weighted by Gasteiger charge is -2.28. The number of hydrogen-bond donors (Lipinski definition) is 1. The summed E-state index contributed by atoms with van der Waals surface area (Å²) < 4.78 is 22.6. The molecule has 7 nitrogen and oxygen atoms in total. The molecule has 7 heteroatoms. The molecule has 162 valence electrons. The van der Waals surface area contributed by atoms with Crippen molar-refractivity contribution in [2.24, 2.45) is 0 Å². The van der Waals surface area contributed by atoms with Crippen molar-refractivity contribution in [3.8, 4) is 23.0 Å². The van der Waals surface area contributed by atoms with Crippen molar-refractivity contribution in [2.45, 2.75) is 5.92 Å². The van der Waals surface area contributed by atoms with Crippen molar-refractivity contribution >= 4 is 21.9 Å². The van der Waals surface area contributed by atoms with Gasteiger partial charge < -0.3 is 23.4 Å². The van der Waals surface area contributed by atoms with Crippen LogP contribution in [0.2, 0.25) is 0 Å². The summed E-state index contributed by atoms with van der Waals surface area (Å²) in [6, 6.07) is 18.7. The van der Waals surface area contributed by atoms with Gasteiger partial charge in [0.15, 0.2) is 0 Å². The Morgan fingerprint density at radius 3 is 2.18 bits per heavy atom. The van der Waals surface area contributed by atoms with E-state index < -0.39 is 17.2 Å². The molecular formula is C26H16O7. The van der Waals surface area contributed by atoms with E-state index in [0.717, 1.165) is 0 Å². The summed E-state index contributed by atoms with van der Waals surface area (Å²) in [4.78, 5) is 26.4. The van der Waals surface area contributed by atoms with E-state index in [-0.39, 0.29) is 28.2 Å². The fourth-order valence-electron chi connectivity index (χ4n) is 4.43. The molecule has 1 aliphatic heterocycles. The zero-order valence-electron chi connectivity index (χ0n) is 17.3. The first-order valence-electron chi connectivity index (χ1n) is 10.2. The zero-order chi connectivity index (χ0) is 22.7. The van der Waals surface area contributed by atoms with Crippen LogP contribution in [0.25, 0.3) is 21.9 Å². The van der Waals surface area contributed by atoms with Crippen LogP contribution in [0.4, 0.5) is 0 Å². The van der Waals surface area contributed by atoms with Gasteiger partial charge in [-0.2, -0.15) is 0 Å². The molecule has 3 heterocycles. The average molecular weight is 440 g/mol. The van der Waals surface area contributed by atoms with Crippen molar-refractivity contribution in [1.29, 1.82) is 0 Å². The van der Waals surface area contributed by atoms with Crippen LogP contribution < -0.4 is 20.7 Å². The Morgan fingerprint density at radius 1 is 0.818 bits per heavy atom. The molecule has 0 bridgehead atoms. The number of fused-ring (bicyclic) bond motifs is 5. The van der Waals surface area contributed by atoms with Crippen molar-refractivity contribution in [3.63, 3.8) is 0 Å². The summed E-state index contributed by atoms with van der Waals surface area (Å²) in [6.45, 7) is 0. The van der Waals surface area contributed by atoms with Crippen LogP contribution in [-0.2, 0) is 0 Å². The Kier molecular flexibility index (Phi) is 4.07. The summed E-state index contributed by atoms with van der Waals surface area (Å²) in [5, 5.41) is 12.1. The largest absolute Gasteiger partial charge is 0.507 e. The Labute approximate surface area is 186 Å². The van der Waals surface area contributed by atoms with E-state index >= 15 is 0 Å². The standard InChI is InChI=1S/C26H16O7/c1-30-13-10-11-19-16(12-13)20(21-23(27)14-6-2-4-8-17(14)32-25(21)28)22-24(31-19)15-7-3-5-9-18(15)33-26(22)29/h2-12,20,27H,1H3. The first-order valence-corrected chi connectivity index (χ1v) is 10.2. The highest BCUT2D eigenvalue weighted by molar-refractivity contribution is 5.88. The number of hydrogen-bond acceptors (Lipinski definition) is 7. The second-order valence-corrected chi connectivity index (χ2v) is 7.72. The Morgan fingerprint density at radius 2 is 1.45 bits per heavy atom. The molecule has 0 radical (unpaired) electrons. The molecule has 0 spiro atoms. The van der Waals surface area contributed by atoms with E-state index in [4.69, 9.17) is 18.3 Å². The molecule has 0 fully saturated rings. The number of ether oxygens (including phenoxy) is 2. The molecule has 0 saturated heterocycles. The van der Waals surface area contributed by atoms with Gasteiger partial charge >= 0.3 is 11.3 Å². The van der Waals surface area contributed by atoms with Crippen LogP contribution in [0.5, 0.6) is 23.0 Å². The van der Waals surface area contributed by atoms with Gasteiger partial charge in [-0.1, -0.05) is 24.3 Å². The second-order valence-electron chi connectivity index (χ2n) is 7.72. The van der Waals surface area contributed by atoms with Gasteiger partial charge in [0.05, 0.1) is 34.9 Å². The maximum Gasteiger partial charge on any atom is 0.344 e. The van der Waals surface area contributed by atoms with Gasteiger partial charge in [-0.25, -0.2) is 9.59 Å². The SMILES string of the molecule is COc1ccc2c(c1)C(c1c(O)c3ccccc3oc1=O)c1c(c3ccccc3oc1=O)O2. The lowest BCUT2D eigenvalue weighted by molar-refractivity contribution is 0.404. The van der Waals surface area contributed by atoms with Gasteiger partial charge in [-0.3, -0.25) is 0 Å². The van der Waals surface area contributed by atoms with Gasteiger partial charge in [0, 0.05) is 5.56 Å². The van der Waals surface area contributed by atoms with Gasteiger partial charge in [-0.15, -0.1) is 0 Å². The maximum absolute atomic E-state index is 13.2. The van der Waals surface area contributed by atoms with E-state index in [1.54, 1.807) is 66.7 Å². The van der Waals surface area contributed by atoms with E-state index in [2.05, 4.69) is 0 Å². The fraction of sp³-hybridized carbons (Fsp3) is 0.0769. The van der Waals surface area contributed by atoms with E-state index in [0.29, 0.717) is 33.4 Å². The molecule has 5 aromatic rings. The van der Waals surface area contributed by atoms with Crippen molar-refractivity contribution in [2.75, 3.05) is 7.11 Å². The number of rotatable bonds is 2. The van der Waals surface area contributed by atoms with E-state index in [9.17, 15) is 14.7 Å². The highest BCUT2D eigenvalue weighted by atomic mass is 16.5. The number of benzene rings is 3. The first kappa shape index (κ1) is 19.2. The summed E-state index contributed by atoms with van der Waals surface area (Å²) in [7, 11) is 1.51. The topological polar surface area (TPSA) is 99.1 Å². The molecule has 3 aromatic carbocycles. The molecule has 0 aliphatic carbocycles. The van der Waals surface area contributed by atoms with Gasteiger partial charge in [0.2, 0.25) is 0 Å². The van der Waals surface area contributed by atoms with Gasteiger partial charge in [0.25, 0.3) is 0 Å². The average Bonchev–Trinajstić information content (AvgIpc) is 2.83. The monoisotopic (exact) mass is 440 g/mol. The lowest BCUT2D eigenvalue weighted by Crippen LogP contribution is -2.24. The fourth-order valence-corrected chi connectivity index (χ4v) is 4.43. The Hall–Kier alpha value is -4.52. The number of aromatic hydroxyl groups is 1. The highest BCUT2D eigenvalue weighted by Crippen LogP contribution is 2.50. The van der Waals surface area contributed by atoms with Crippen LogP contribution in [0, 0.1) is 0 Å². The molecule has 1 atom stereocenters. The third-order valence-electron chi connectivity index (χ3n) is 5.94. The molecule has 0 saturated carbocycles. The molecular weight excluding hydrogens is 424 g/mol. The third-order valence-corrected chi connectivity index (χ3v) is 5.94. The Bertz CT molecular complexity index is 1670. The quantitative estimate of drug-likeness (QED) is 0.382. The smallest absolute Gasteiger partial charge is 0.344 e. The van der Waals surface area contributed by atoms with Crippen LogP contribution in [0.3, 0.4) is 0 Å². The number of para-hydroxylation sites is 2. The van der Waals surface area contributed by atoms with Crippen molar-refractivity contribution in [3.05, 3.63) is 104 Å². The molecule has 0 amide bonds. The van der Waals surface area contributed by atoms with E-state index in [1.165, 1.54) is 7.11 Å². The summed E-state index contributed by atoms with van der Waals surface area (Å²) in [5.41, 5.74) is -0.330. The molecule has 1 N–H and O–H groups in total. The second kappa shape index (κ2) is 7.00. The molecule has 33 heavy (non-hydrogen) atoms. The minimum Gasteiger partial charge on any atom is -0.507 e. The van der Waals surface area contributed by atoms with Crippen LogP contribution in [-0.4, -0.2) is 12.2 Å². The highest BCUT2D eigenvalue weighted by Gasteiger charge is 2.38. The van der Waals surface area contributed by atoms with Crippen molar-refractivity contribution < 1.29 is 23.4 Å². The van der Waals surface area contributed by atoms with Gasteiger partial charge in [0.1, 0.15) is 34.2 Å². The minimum absolute atomic E-state index is 0.0738. The van der Waals surface area contributed by atoms with Crippen LogP contribution >= 0.6 is 0 Å². The van der Waals surface area contributed by atoms with Gasteiger partial charge in [-0.05, 0) is 42.5 Å². The first-order chi connectivity index (χ1) is 16.1. The molecule has 1 aliphatic rings. The lowest BCUT2D eigenvalue weighted by atomic mass is 9.82. The molecule has 2 aromatic heterocycles. The predicted octanol–water partition coefficient (Wildman–Crippen LogP) is 4.90. The molecule has 1 unspecified atom stereocenters. The summed E-state index contributed by atoms with van der Waals surface area (Å²) in [6.07, 6.45) is 0. The normalized spacial score (nSPS) is 14.5. The van der Waals surface area contributed by atoms with Crippen LogP contribution in [0.1, 0.15) is 22.6 Å². The zero-order valence-corrected chi connectivity index (χ0v) is 17.3. The minimum atomic E-state index is -0.999. The summed E-state index contributed by atoms with van der Waals surface area (Å²) in [5.74, 6) is -0.0604. The predicted molar refractivity (Wildman–Crippen MR) is 121 cm³/mol. The van der Waals surface area contributed by atoms with Crippen molar-refractivity contribution in [1.82, 2.24) is 0 Å². The third kappa shape index (κ3) is 2.75. The maximum atomic E-state index is 13.2. The summed E-state index contributed by atoms with van der Waals surface area (Å²) >= 11 is 0. The Balaban J connectivity index is 1.77. The van der Waals surface area contributed by atoms with E-state index in [1.807, 2.05) is 0 Å². The number of methoxy groups -OCH3 is 1.